The number of pyridine rings is 2. The molecule has 4 aromatic rings. The zero-order valence-corrected chi connectivity index (χ0v) is 22.9. The Hall–Kier alpha value is -4.38. The Balaban J connectivity index is 1.29. The van der Waals surface area contributed by atoms with Gasteiger partial charge in [-0.05, 0) is 50.6 Å². The van der Waals surface area contributed by atoms with E-state index in [9.17, 15) is 14.4 Å². The maximum Gasteiger partial charge on any atom is 0.245 e. The van der Waals surface area contributed by atoms with Gasteiger partial charge in [-0.15, -0.1) is 0 Å². The fourth-order valence-electron chi connectivity index (χ4n) is 5.71. The van der Waals surface area contributed by atoms with Crippen molar-refractivity contribution >= 4 is 28.4 Å². The van der Waals surface area contributed by atoms with Crippen LogP contribution in [0, 0.1) is 5.41 Å². The maximum atomic E-state index is 13.7. The largest absolute Gasteiger partial charge is 0.327 e. The van der Waals surface area contributed by atoms with Crippen molar-refractivity contribution in [2.24, 2.45) is 5.41 Å². The molecule has 1 saturated carbocycles. The van der Waals surface area contributed by atoms with Crippen molar-refractivity contribution in [3.05, 3.63) is 66.3 Å². The number of rotatable bonds is 8. The van der Waals surface area contributed by atoms with E-state index in [-0.39, 0.29) is 41.2 Å². The van der Waals surface area contributed by atoms with Crippen molar-refractivity contribution < 1.29 is 14.4 Å². The average molecular weight is 539 g/mol. The van der Waals surface area contributed by atoms with Gasteiger partial charge in [-0.2, -0.15) is 5.10 Å². The summed E-state index contributed by atoms with van der Waals surface area (Å²) in [4.78, 5) is 60.9. The number of carbonyl (C=O) groups is 3. The van der Waals surface area contributed by atoms with Crippen LogP contribution in [-0.4, -0.2) is 83.2 Å². The van der Waals surface area contributed by atoms with Crippen LogP contribution in [0.1, 0.15) is 53.5 Å². The molecule has 1 unspecified atom stereocenters. The summed E-state index contributed by atoms with van der Waals surface area (Å²) < 4.78 is 1.52. The topological polar surface area (TPSA) is 127 Å². The van der Waals surface area contributed by atoms with Crippen LogP contribution in [0.2, 0.25) is 0 Å². The first-order valence-electron chi connectivity index (χ1n) is 13.2. The summed E-state index contributed by atoms with van der Waals surface area (Å²) in [7, 11) is 3.90. The minimum Gasteiger partial charge on any atom is -0.327 e. The van der Waals surface area contributed by atoms with E-state index in [2.05, 4.69) is 32.0 Å². The molecule has 0 bridgehead atoms. The Kier molecular flexibility index (Phi) is 6.25. The second-order valence-corrected chi connectivity index (χ2v) is 11.2. The molecule has 40 heavy (non-hydrogen) atoms. The van der Waals surface area contributed by atoms with Crippen molar-refractivity contribution in [1.82, 2.24) is 39.5 Å². The Labute approximate surface area is 231 Å². The highest BCUT2D eigenvalue weighted by molar-refractivity contribution is 6.06. The SMILES string of the molecule is CC(=O)c1nn(CC(=O)N2C(C(=O)c3ccccn3)C[C@@]3(C)C[C@@H]23)c2cnc(-c3cnc(CN(C)C)nc3)cc12. The van der Waals surface area contributed by atoms with E-state index in [0.29, 0.717) is 46.6 Å². The van der Waals surface area contributed by atoms with Crippen LogP contribution in [0.5, 0.6) is 0 Å². The fraction of sp³-hybridized carbons (Fsp3) is 0.379. The van der Waals surface area contributed by atoms with E-state index in [1.165, 1.54) is 11.6 Å². The number of likely N-dealkylation sites (tertiary alicyclic amines) is 1. The summed E-state index contributed by atoms with van der Waals surface area (Å²) in [5.74, 6) is 0.111. The van der Waals surface area contributed by atoms with Crippen molar-refractivity contribution in [2.75, 3.05) is 14.1 Å². The van der Waals surface area contributed by atoms with Crippen LogP contribution in [0.3, 0.4) is 0 Å². The predicted molar refractivity (Wildman–Crippen MR) is 146 cm³/mol. The van der Waals surface area contributed by atoms with E-state index >= 15 is 0 Å². The molecule has 0 N–H and O–H groups in total. The molecule has 11 nitrogen and oxygen atoms in total. The fourth-order valence-corrected chi connectivity index (χ4v) is 5.71. The standard InChI is InChI=1S/C29H30N8O3/c1-17(38)27-19-9-21(18-12-32-25(33-13-18)15-35(3)4)31-14-23(19)36(34-27)16-26(39)37-22(10-29(2)11-24(29)37)28(40)20-7-5-6-8-30-20/h5-9,12-14,22,24H,10-11,15-16H2,1-4H3/t22?,24-,29+/m1/s1. The molecular weight excluding hydrogens is 508 g/mol. The highest BCUT2D eigenvalue weighted by Crippen LogP contribution is 2.59. The molecular formula is C29H30N8O3. The first kappa shape index (κ1) is 25.9. The van der Waals surface area contributed by atoms with Gasteiger partial charge in [0.15, 0.2) is 5.78 Å². The van der Waals surface area contributed by atoms with Crippen LogP contribution in [0.25, 0.3) is 22.2 Å². The van der Waals surface area contributed by atoms with Gasteiger partial charge in [0.1, 0.15) is 23.8 Å². The maximum absolute atomic E-state index is 13.7. The third-order valence-corrected chi connectivity index (χ3v) is 7.86. The van der Waals surface area contributed by atoms with Gasteiger partial charge in [0.25, 0.3) is 0 Å². The first-order valence-corrected chi connectivity index (χ1v) is 13.2. The average Bonchev–Trinajstić information content (AvgIpc) is 3.30. The van der Waals surface area contributed by atoms with E-state index in [1.54, 1.807) is 54.0 Å². The smallest absolute Gasteiger partial charge is 0.245 e. The lowest BCUT2D eigenvalue weighted by Crippen LogP contribution is -2.45. The van der Waals surface area contributed by atoms with E-state index < -0.39 is 6.04 Å². The van der Waals surface area contributed by atoms with Gasteiger partial charge in [0, 0.05) is 42.5 Å². The Morgan fingerprint density at radius 2 is 1.82 bits per heavy atom. The minimum absolute atomic E-state index is 0.00645. The molecule has 0 spiro atoms. The van der Waals surface area contributed by atoms with Crippen LogP contribution in [0.15, 0.2) is 49.1 Å². The molecule has 11 heteroatoms. The summed E-state index contributed by atoms with van der Waals surface area (Å²) >= 11 is 0. The molecule has 1 amide bonds. The highest BCUT2D eigenvalue weighted by Gasteiger charge is 2.64. The zero-order chi connectivity index (χ0) is 28.2. The molecule has 1 saturated heterocycles. The lowest BCUT2D eigenvalue weighted by molar-refractivity contribution is -0.133. The lowest BCUT2D eigenvalue weighted by atomic mass is 9.97. The molecule has 0 radical (unpaired) electrons. The number of hydrogen-bond acceptors (Lipinski definition) is 9. The number of Topliss-reactive ketones (excluding diaryl/α,β-unsaturated/α-hetero) is 2. The van der Waals surface area contributed by atoms with Gasteiger partial charge in [0.05, 0.1) is 30.0 Å². The summed E-state index contributed by atoms with van der Waals surface area (Å²) in [5.41, 5.74) is 2.43. The number of piperidine rings is 1. The number of amides is 1. The normalized spacial score (nSPS) is 21.6. The molecule has 2 fully saturated rings. The van der Waals surface area contributed by atoms with Crippen LogP contribution in [0.4, 0.5) is 0 Å². The van der Waals surface area contributed by atoms with Gasteiger partial charge in [-0.25, -0.2) is 9.97 Å². The molecule has 6 rings (SSSR count). The molecule has 2 aliphatic rings. The molecule has 3 atom stereocenters. The summed E-state index contributed by atoms with van der Waals surface area (Å²) in [6, 6.07) is 6.43. The second-order valence-electron chi connectivity index (χ2n) is 11.2. The van der Waals surface area contributed by atoms with Gasteiger partial charge in [0.2, 0.25) is 11.7 Å². The number of fused-ring (bicyclic) bond motifs is 2. The number of ketones is 2. The quantitative estimate of drug-likeness (QED) is 0.311. The van der Waals surface area contributed by atoms with Gasteiger partial charge in [-0.3, -0.25) is 29.0 Å². The summed E-state index contributed by atoms with van der Waals surface area (Å²) in [6.45, 7) is 4.08. The van der Waals surface area contributed by atoms with Gasteiger partial charge < -0.3 is 9.80 Å². The number of carbonyl (C=O) groups excluding carboxylic acids is 3. The predicted octanol–water partition coefficient (Wildman–Crippen LogP) is 2.81. The minimum atomic E-state index is -0.569. The molecule has 204 valence electrons. The first-order chi connectivity index (χ1) is 19.1. The lowest BCUT2D eigenvalue weighted by Gasteiger charge is -2.26. The summed E-state index contributed by atoms with van der Waals surface area (Å²) in [5, 5.41) is 5.11. The molecule has 0 aromatic carbocycles. The highest BCUT2D eigenvalue weighted by atomic mass is 16.2. The van der Waals surface area contributed by atoms with Crippen molar-refractivity contribution in [3.63, 3.8) is 0 Å². The third-order valence-electron chi connectivity index (χ3n) is 7.86. The number of nitrogens with zero attached hydrogens (tertiary/aromatic N) is 8. The van der Waals surface area contributed by atoms with E-state index in [4.69, 9.17) is 0 Å². The Morgan fingerprint density at radius 1 is 1.05 bits per heavy atom. The number of aromatic nitrogens is 6. The van der Waals surface area contributed by atoms with Crippen LogP contribution >= 0.6 is 0 Å². The van der Waals surface area contributed by atoms with E-state index in [1.807, 2.05) is 19.0 Å². The third kappa shape index (κ3) is 4.56. The van der Waals surface area contributed by atoms with Gasteiger partial charge >= 0.3 is 0 Å². The molecule has 4 aromatic heterocycles. The van der Waals surface area contributed by atoms with Crippen LogP contribution in [-0.2, 0) is 17.9 Å². The monoisotopic (exact) mass is 538 g/mol. The number of hydrogen-bond donors (Lipinski definition) is 0. The Bertz CT molecular complexity index is 1630. The molecule has 1 aliphatic carbocycles. The molecule has 1 aliphatic heterocycles. The van der Waals surface area contributed by atoms with Crippen molar-refractivity contribution in [3.8, 4) is 11.3 Å². The van der Waals surface area contributed by atoms with Crippen molar-refractivity contribution in [2.45, 2.75) is 51.9 Å². The van der Waals surface area contributed by atoms with Gasteiger partial charge in [-0.1, -0.05) is 13.0 Å². The zero-order valence-electron chi connectivity index (χ0n) is 22.9. The van der Waals surface area contributed by atoms with E-state index in [0.717, 1.165) is 6.42 Å². The summed E-state index contributed by atoms with van der Waals surface area (Å²) in [6.07, 6.45) is 8.09. The second kappa shape index (κ2) is 9.67. The molecule has 5 heterocycles. The van der Waals surface area contributed by atoms with Crippen molar-refractivity contribution in [1.29, 1.82) is 0 Å². The Morgan fingerprint density at radius 3 is 2.50 bits per heavy atom. The van der Waals surface area contributed by atoms with Crippen LogP contribution < -0.4 is 0 Å².